The van der Waals surface area contributed by atoms with Gasteiger partial charge in [-0.2, -0.15) is 0 Å². The summed E-state index contributed by atoms with van der Waals surface area (Å²) in [5.41, 5.74) is 1.10. The van der Waals surface area contributed by atoms with Gasteiger partial charge in [0.2, 0.25) is 0 Å². The Bertz CT molecular complexity index is 525. The number of nitrogens with zero attached hydrogens (tertiary/aromatic N) is 1. The molecule has 0 amide bonds. The third-order valence-corrected chi connectivity index (χ3v) is 4.39. The van der Waals surface area contributed by atoms with Crippen LogP contribution >= 0.6 is 11.6 Å². The van der Waals surface area contributed by atoms with Crippen LogP contribution in [0.1, 0.15) is 23.2 Å². The number of halogens is 1. The average molecular weight is 278 g/mol. The summed E-state index contributed by atoms with van der Waals surface area (Å²) in [5.74, 6) is 0.398. The van der Waals surface area contributed by atoms with Crippen molar-refractivity contribution in [2.45, 2.75) is 12.8 Å². The number of anilines is 1. The minimum Gasteiger partial charge on any atom is -0.478 e. The molecule has 1 heterocycles. The van der Waals surface area contributed by atoms with Crippen LogP contribution in [0.2, 0.25) is 5.02 Å². The van der Waals surface area contributed by atoms with E-state index < -0.39 is 5.97 Å². The first-order valence-electron chi connectivity index (χ1n) is 6.58. The highest BCUT2D eigenvalue weighted by atomic mass is 35.5. The molecule has 3 nitrogen and oxygen atoms in total. The Hall–Kier alpha value is -1.48. The van der Waals surface area contributed by atoms with Crippen molar-refractivity contribution >= 4 is 23.3 Å². The number of rotatable bonds is 2. The maximum Gasteiger partial charge on any atom is 0.337 e. The molecule has 1 fully saturated rings. The first-order valence-corrected chi connectivity index (χ1v) is 6.95. The normalized spacial score (nSPS) is 25.4. The van der Waals surface area contributed by atoms with Crippen LogP contribution in [0.4, 0.5) is 5.69 Å². The number of carbonyl (C=O) groups is 1. The van der Waals surface area contributed by atoms with Gasteiger partial charge in [-0.05, 0) is 42.9 Å². The maximum atomic E-state index is 11.3. The molecule has 0 spiro atoms. The van der Waals surface area contributed by atoms with Gasteiger partial charge in [0.15, 0.2) is 0 Å². The van der Waals surface area contributed by atoms with E-state index in [4.69, 9.17) is 11.6 Å². The topological polar surface area (TPSA) is 40.5 Å². The summed E-state index contributed by atoms with van der Waals surface area (Å²) in [6, 6.07) is 5.14. The summed E-state index contributed by atoms with van der Waals surface area (Å²) < 4.78 is 0. The number of carboxylic acids is 1. The second-order valence-electron chi connectivity index (χ2n) is 5.33. The highest BCUT2D eigenvalue weighted by Gasteiger charge is 2.34. The smallest absolute Gasteiger partial charge is 0.337 e. The molecule has 0 bridgehead atoms. The average Bonchev–Trinajstić information content (AvgIpc) is 2.82. The standard InChI is InChI=1S/C15H16ClNO2/c16-12-5-6-14(13(7-12)15(18)19)17-8-10-3-1-2-4-11(10)9-17/h1-2,5-7,10-11H,3-4,8-9H2,(H,18,19). The Balaban J connectivity index is 1.89. The van der Waals surface area contributed by atoms with E-state index in [2.05, 4.69) is 17.1 Å². The second kappa shape index (κ2) is 4.89. The number of allylic oxidation sites excluding steroid dienone is 2. The van der Waals surface area contributed by atoms with Crippen LogP contribution in [0.3, 0.4) is 0 Å². The first kappa shape index (κ1) is 12.5. The molecule has 2 atom stereocenters. The van der Waals surface area contributed by atoms with E-state index in [0.717, 1.165) is 31.6 Å². The predicted octanol–water partition coefficient (Wildman–Crippen LogP) is 3.44. The molecular weight excluding hydrogens is 262 g/mol. The predicted molar refractivity (Wildman–Crippen MR) is 76.0 cm³/mol. The Morgan fingerprint density at radius 3 is 2.42 bits per heavy atom. The van der Waals surface area contributed by atoms with Gasteiger partial charge in [0, 0.05) is 18.1 Å². The van der Waals surface area contributed by atoms with Crippen LogP contribution in [-0.2, 0) is 0 Å². The number of aromatic carboxylic acids is 1. The van der Waals surface area contributed by atoms with Crippen LogP contribution in [0, 0.1) is 11.8 Å². The first-order chi connectivity index (χ1) is 9.15. The zero-order valence-corrected chi connectivity index (χ0v) is 11.3. The van der Waals surface area contributed by atoms with Gasteiger partial charge < -0.3 is 10.0 Å². The van der Waals surface area contributed by atoms with E-state index in [1.54, 1.807) is 12.1 Å². The van der Waals surface area contributed by atoms with Gasteiger partial charge in [-0.25, -0.2) is 4.79 Å². The van der Waals surface area contributed by atoms with E-state index in [-0.39, 0.29) is 0 Å². The molecule has 1 aliphatic carbocycles. The number of hydrogen-bond donors (Lipinski definition) is 1. The molecule has 19 heavy (non-hydrogen) atoms. The molecule has 3 rings (SSSR count). The fraction of sp³-hybridized carbons (Fsp3) is 0.400. The largest absolute Gasteiger partial charge is 0.478 e. The minimum absolute atomic E-state index is 0.305. The van der Waals surface area contributed by atoms with Crippen LogP contribution < -0.4 is 4.90 Å². The zero-order valence-electron chi connectivity index (χ0n) is 10.6. The lowest BCUT2D eigenvalue weighted by Crippen LogP contribution is -2.22. The molecule has 2 aliphatic rings. The van der Waals surface area contributed by atoms with Crippen molar-refractivity contribution in [3.05, 3.63) is 40.9 Å². The molecule has 1 aliphatic heterocycles. The van der Waals surface area contributed by atoms with Gasteiger partial charge in [-0.3, -0.25) is 0 Å². The van der Waals surface area contributed by atoms with Gasteiger partial charge in [0.05, 0.1) is 11.3 Å². The number of fused-ring (bicyclic) bond motifs is 1. The SMILES string of the molecule is O=C(O)c1cc(Cl)ccc1N1CC2CC=CCC2C1. The molecule has 1 aromatic carbocycles. The Kier molecular flexibility index (Phi) is 3.23. The van der Waals surface area contributed by atoms with Crippen molar-refractivity contribution in [2.24, 2.45) is 11.8 Å². The van der Waals surface area contributed by atoms with Crippen molar-refractivity contribution in [3.8, 4) is 0 Å². The molecule has 100 valence electrons. The van der Waals surface area contributed by atoms with Crippen molar-refractivity contribution in [3.63, 3.8) is 0 Å². The van der Waals surface area contributed by atoms with Gasteiger partial charge in [0.1, 0.15) is 0 Å². The third kappa shape index (κ3) is 2.35. The number of carboxylic acid groups (broad SMARTS) is 1. The monoisotopic (exact) mass is 277 g/mol. The molecule has 1 aromatic rings. The van der Waals surface area contributed by atoms with Crippen LogP contribution in [-0.4, -0.2) is 24.2 Å². The van der Waals surface area contributed by atoms with Crippen LogP contribution in [0.25, 0.3) is 0 Å². The fourth-order valence-electron chi connectivity index (χ4n) is 3.17. The molecule has 1 saturated heterocycles. The van der Waals surface area contributed by atoms with E-state index in [9.17, 15) is 9.90 Å². The van der Waals surface area contributed by atoms with Gasteiger partial charge in [-0.15, -0.1) is 0 Å². The van der Waals surface area contributed by atoms with Gasteiger partial charge in [0.25, 0.3) is 0 Å². The summed E-state index contributed by atoms with van der Waals surface area (Å²) in [6.45, 7) is 1.88. The zero-order chi connectivity index (χ0) is 13.4. The molecule has 0 saturated carbocycles. The molecule has 0 radical (unpaired) electrons. The minimum atomic E-state index is -0.912. The van der Waals surface area contributed by atoms with Gasteiger partial charge in [-0.1, -0.05) is 23.8 Å². The molecule has 4 heteroatoms. The lowest BCUT2D eigenvalue weighted by molar-refractivity contribution is 0.0697. The van der Waals surface area contributed by atoms with Crippen molar-refractivity contribution < 1.29 is 9.90 Å². The summed E-state index contributed by atoms with van der Waals surface area (Å²) >= 11 is 5.90. The molecule has 2 unspecified atom stereocenters. The van der Waals surface area contributed by atoms with Gasteiger partial charge >= 0.3 is 5.97 Å². The second-order valence-corrected chi connectivity index (χ2v) is 5.77. The Labute approximate surface area is 117 Å². The summed E-state index contributed by atoms with van der Waals surface area (Å²) in [4.78, 5) is 13.5. The fourth-order valence-corrected chi connectivity index (χ4v) is 3.34. The molecule has 0 aromatic heterocycles. The van der Waals surface area contributed by atoms with Crippen molar-refractivity contribution in [1.82, 2.24) is 0 Å². The van der Waals surface area contributed by atoms with E-state index in [0.29, 0.717) is 22.4 Å². The van der Waals surface area contributed by atoms with E-state index in [1.165, 1.54) is 0 Å². The Morgan fingerprint density at radius 2 is 1.84 bits per heavy atom. The summed E-state index contributed by atoms with van der Waals surface area (Å²) in [7, 11) is 0. The summed E-state index contributed by atoms with van der Waals surface area (Å²) in [5, 5.41) is 9.78. The highest BCUT2D eigenvalue weighted by Crippen LogP contribution is 2.37. The number of hydrogen-bond acceptors (Lipinski definition) is 2. The number of benzene rings is 1. The lowest BCUT2D eigenvalue weighted by Gasteiger charge is -2.20. The van der Waals surface area contributed by atoms with Crippen molar-refractivity contribution in [2.75, 3.05) is 18.0 Å². The third-order valence-electron chi connectivity index (χ3n) is 4.15. The lowest BCUT2D eigenvalue weighted by atomic mass is 9.86. The maximum absolute atomic E-state index is 11.3. The molecular formula is C15H16ClNO2. The quantitative estimate of drug-likeness (QED) is 0.842. The van der Waals surface area contributed by atoms with Crippen molar-refractivity contribution in [1.29, 1.82) is 0 Å². The van der Waals surface area contributed by atoms with Crippen LogP contribution in [0.15, 0.2) is 30.4 Å². The van der Waals surface area contributed by atoms with Crippen LogP contribution in [0.5, 0.6) is 0 Å². The highest BCUT2D eigenvalue weighted by molar-refractivity contribution is 6.31. The molecule has 1 N–H and O–H groups in total. The summed E-state index contributed by atoms with van der Waals surface area (Å²) in [6.07, 6.45) is 6.70. The van der Waals surface area contributed by atoms with E-state index in [1.807, 2.05) is 6.07 Å². The van der Waals surface area contributed by atoms with E-state index >= 15 is 0 Å². The Morgan fingerprint density at radius 1 is 1.21 bits per heavy atom.